The van der Waals surface area contributed by atoms with Crippen molar-refractivity contribution in [3.8, 4) is 0 Å². The van der Waals surface area contributed by atoms with Gasteiger partial charge in [0.05, 0.1) is 0 Å². The van der Waals surface area contributed by atoms with Crippen LogP contribution in [0.25, 0.3) is 0 Å². The highest BCUT2D eigenvalue weighted by Crippen LogP contribution is 2.29. The molecule has 0 aliphatic heterocycles. The Morgan fingerprint density at radius 3 is 2.62 bits per heavy atom. The lowest BCUT2D eigenvalue weighted by Gasteiger charge is -2.20. The molecule has 0 aromatic heterocycles. The van der Waals surface area contributed by atoms with Crippen LogP contribution in [0.4, 0.5) is 0 Å². The summed E-state index contributed by atoms with van der Waals surface area (Å²) in [5, 5.41) is 0.426. The van der Waals surface area contributed by atoms with Crippen LogP contribution in [-0.2, 0) is 6.54 Å². The first kappa shape index (κ1) is 11.9. The van der Waals surface area contributed by atoms with E-state index in [0.29, 0.717) is 5.38 Å². The highest BCUT2D eigenvalue weighted by Gasteiger charge is 2.23. The number of rotatable bonds is 4. The Labute approximate surface area is 103 Å². The third-order valence-corrected chi connectivity index (χ3v) is 3.74. The molecule has 0 saturated heterocycles. The molecule has 1 aromatic carbocycles. The van der Waals surface area contributed by atoms with Crippen molar-refractivity contribution in [2.75, 3.05) is 13.6 Å². The van der Waals surface area contributed by atoms with E-state index in [0.717, 1.165) is 12.5 Å². The molecule has 1 aliphatic rings. The molecule has 0 spiro atoms. The van der Waals surface area contributed by atoms with Gasteiger partial charge in [0.1, 0.15) is 0 Å². The first-order valence-electron chi connectivity index (χ1n) is 6.10. The van der Waals surface area contributed by atoms with Gasteiger partial charge < -0.3 is 4.90 Å². The van der Waals surface area contributed by atoms with Gasteiger partial charge in [-0.25, -0.2) is 0 Å². The molecule has 0 bridgehead atoms. The third-order valence-electron chi connectivity index (χ3n) is 3.34. The largest absolute Gasteiger partial charge is 0.302 e. The van der Waals surface area contributed by atoms with Crippen molar-refractivity contribution < 1.29 is 0 Å². The van der Waals surface area contributed by atoms with E-state index >= 15 is 0 Å². The van der Waals surface area contributed by atoms with Crippen molar-refractivity contribution in [1.29, 1.82) is 0 Å². The molecule has 1 aliphatic carbocycles. The summed E-state index contributed by atoms with van der Waals surface area (Å²) in [6.07, 6.45) is 3.69. The fourth-order valence-electron chi connectivity index (χ4n) is 2.58. The topological polar surface area (TPSA) is 3.24 Å². The zero-order valence-electron chi connectivity index (χ0n) is 9.90. The van der Waals surface area contributed by atoms with E-state index < -0.39 is 0 Å². The van der Waals surface area contributed by atoms with Gasteiger partial charge >= 0.3 is 0 Å². The molecule has 88 valence electrons. The predicted molar refractivity (Wildman–Crippen MR) is 69.8 cm³/mol. The number of hydrogen-bond acceptors (Lipinski definition) is 1. The number of nitrogens with zero attached hydrogens (tertiary/aromatic N) is 1. The molecule has 2 atom stereocenters. The number of alkyl halides is 1. The van der Waals surface area contributed by atoms with Crippen LogP contribution >= 0.6 is 11.6 Å². The van der Waals surface area contributed by atoms with E-state index in [9.17, 15) is 0 Å². The van der Waals surface area contributed by atoms with Gasteiger partial charge in [0, 0.05) is 18.5 Å². The molecule has 0 radical (unpaired) electrons. The second kappa shape index (κ2) is 5.70. The van der Waals surface area contributed by atoms with Crippen LogP contribution in [0.1, 0.15) is 24.8 Å². The predicted octanol–water partition coefficient (Wildman–Crippen LogP) is 3.53. The smallest absolute Gasteiger partial charge is 0.0339 e. The van der Waals surface area contributed by atoms with E-state index in [-0.39, 0.29) is 0 Å². The Balaban J connectivity index is 1.78. The number of halogens is 1. The minimum atomic E-state index is 0.426. The van der Waals surface area contributed by atoms with Crippen molar-refractivity contribution in [1.82, 2.24) is 4.90 Å². The molecule has 2 heteroatoms. The van der Waals surface area contributed by atoms with Crippen LogP contribution in [0, 0.1) is 5.92 Å². The van der Waals surface area contributed by atoms with E-state index in [1.165, 1.54) is 31.4 Å². The zero-order valence-corrected chi connectivity index (χ0v) is 10.7. The lowest BCUT2D eigenvalue weighted by atomic mass is 10.1. The second-order valence-electron chi connectivity index (χ2n) is 4.96. The fourth-order valence-corrected chi connectivity index (χ4v) is 2.96. The Hall–Kier alpha value is -0.530. The summed E-state index contributed by atoms with van der Waals surface area (Å²) < 4.78 is 0. The minimum Gasteiger partial charge on any atom is -0.302 e. The molecular weight excluding hydrogens is 218 g/mol. The van der Waals surface area contributed by atoms with Crippen molar-refractivity contribution in [3.63, 3.8) is 0 Å². The normalized spacial score (nSPS) is 25.2. The summed E-state index contributed by atoms with van der Waals surface area (Å²) >= 11 is 6.13. The van der Waals surface area contributed by atoms with Crippen LogP contribution in [-0.4, -0.2) is 23.9 Å². The highest BCUT2D eigenvalue weighted by atomic mass is 35.5. The van der Waals surface area contributed by atoms with Crippen LogP contribution < -0.4 is 0 Å². The SMILES string of the molecule is CN(Cc1ccccc1)C[C@H]1CCC(Cl)C1. The lowest BCUT2D eigenvalue weighted by Crippen LogP contribution is -2.24. The molecule has 0 heterocycles. The summed E-state index contributed by atoms with van der Waals surface area (Å²) in [6.45, 7) is 2.22. The maximum atomic E-state index is 6.13. The van der Waals surface area contributed by atoms with Crippen LogP contribution in [0.5, 0.6) is 0 Å². The Kier molecular flexibility index (Phi) is 4.25. The first-order chi connectivity index (χ1) is 7.74. The van der Waals surface area contributed by atoms with Gasteiger partial charge in [-0.1, -0.05) is 30.3 Å². The fraction of sp³-hybridized carbons (Fsp3) is 0.571. The minimum absolute atomic E-state index is 0.426. The zero-order chi connectivity index (χ0) is 11.4. The second-order valence-corrected chi connectivity index (χ2v) is 5.58. The van der Waals surface area contributed by atoms with E-state index in [4.69, 9.17) is 11.6 Å². The lowest BCUT2D eigenvalue weighted by molar-refractivity contribution is 0.271. The average Bonchev–Trinajstić information content (AvgIpc) is 2.65. The standard InChI is InChI=1S/C14H20ClN/c1-16(10-12-5-3-2-4-6-12)11-13-7-8-14(15)9-13/h2-6,13-14H,7-11H2,1H3/t13-,14?/m0/s1. The van der Waals surface area contributed by atoms with Crippen LogP contribution in [0.2, 0.25) is 0 Å². The quantitative estimate of drug-likeness (QED) is 0.725. The maximum Gasteiger partial charge on any atom is 0.0339 e. The summed E-state index contributed by atoms with van der Waals surface area (Å²) in [7, 11) is 2.20. The Morgan fingerprint density at radius 2 is 2.00 bits per heavy atom. The third kappa shape index (κ3) is 3.50. The number of benzene rings is 1. The monoisotopic (exact) mass is 237 g/mol. The van der Waals surface area contributed by atoms with Crippen molar-refractivity contribution in [2.45, 2.75) is 31.2 Å². The van der Waals surface area contributed by atoms with Crippen molar-refractivity contribution in [3.05, 3.63) is 35.9 Å². The molecule has 1 aromatic rings. The van der Waals surface area contributed by atoms with Crippen molar-refractivity contribution >= 4 is 11.6 Å². The first-order valence-corrected chi connectivity index (χ1v) is 6.54. The van der Waals surface area contributed by atoms with Gasteiger partial charge in [-0.15, -0.1) is 11.6 Å². The van der Waals surface area contributed by atoms with Gasteiger partial charge in [0.25, 0.3) is 0 Å². The summed E-state index contributed by atoms with van der Waals surface area (Å²) in [6, 6.07) is 10.7. The Morgan fingerprint density at radius 1 is 1.25 bits per heavy atom. The molecular formula is C14H20ClN. The summed E-state index contributed by atoms with van der Waals surface area (Å²) in [5.41, 5.74) is 1.39. The summed E-state index contributed by atoms with van der Waals surface area (Å²) in [5.74, 6) is 0.802. The molecule has 1 unspecified atom stereocenters. The van der Waals surface area contributed by atoms with E-state index in [2.05, 4.69) is 42.3 Å². The maximum absolute atomic E-state index is 6.13. The molecule has 1 saturated carbocycles. The van der Waals surface area contributed by atoms with Gasteiger partial charge in [-0.3, -0.25) is 0 Å². The van der Waals surface area contributed by atoms with Gasteiger partial charge in [-0.2, -0.15) is 0 Å². The van der Waals surface area contributed by atoms with E-state index in [1.807, 2.05) is 0 Å². The molecule has 1 nitrogen and oxygen atoms in total. The molecule has 16 heavy (non-hydrogen) atoms. The van der Waals surface area contributed by atoms with Crippen LogP contribution in [0.15, 0.2) is 30.3 Å². The average molecular weight is 238 g/mol. The molecule has 0 amide bonds. The summed E-state index contributed by atoms with van der Waals surface area (Å²) in [4.78, 5) is 2.41. The molecule has 1 fully saturated rings. The Bertz CT molecular complexity index is 312. The number of hydrogen-bond donors (Lipinski definition) is 0. The van der Waals surface area contributed by atoms with E-state index in [1.54, 1.807) is 0 Å². The molecule has 0 N–H and O–H groups in total. The van der Waals surface area contributed by atoms with Gasteiger partial charge in [0.2, 0.25) is 0 Å². The van der Waals surface area contributed by atoms with Gasteiger partial charge in [0.15, 0.2) is 0 Å². The van der Waals surface area contributed by atoms with Crippen molar-refractivity contribution in [2.24, 2.45) is 5.92 Å². The molecule has 2 rings (SSSR count). The highest BCUT2D eigenvalue weighted by molar-refractivity contribution is 6.20. The van der Waals surface area contributed by atoms with Crippen LogP contribution in [0.3, 0.4) is 0 Å². The van der Waals surface area contributed by atoms with Gasteiger partial charge in [-0.05, 0) is 37.8 Å².